The Hall–Kier alpha value is -2.75. The van der Waals surface area contributed by atoms with Crippen molar-refractivity contribution >= 4 is 23.4 Å². The molecule has 0 bridgehead atoms. The van der Waals surface area contributed by atoms with Crippen LogP contribution < -0.4 is 10.6 Å². The number of carbonyl (C=O) groups is 4. The summed E-state index contributed by atoms with van der Waals surface area (Å²) in [6.07, 6.45) is 9.26. The molecule has 7 atom stereocenters. The van der Waals surface area contributed by atoms with E-state index in [1.165, 1.54) is 0 Å². The van der Waals surface area contributed by atoms with E-state index in [1.54, 1.807) is 0 Å². The molecule has 0 aromatic rings. The molecule has 240 valence electrons. The van der Waals surface area contributed by atoms with Gasteiger partial charge in [-0.15, -0.1) is 0 Å². The predicted molar refractivity (Wildman–Crippen MR) is 170 cm³/mol. The van der Waals surface area contributed by atoms with E-state index in [1.807, 2.05) is 39.8 Å². The molecule has 0 aromatic heterocycles. The molecule has 44 heavy (non-hydrogen) atoms. The molecule has 0 spiro atoms. The Morgan fingerprint density at radius 2 is 1.64 bits per heavy atom. The number of nitriles is 1. The van der Waals surface area contributed by atoms with E-state index in [0.29, 0.717) is 25.3 Å². The van der Waals surface area contributed by atoms with E-state index in [-0.39, 0.29) is 69.5 Å². The lowest BCUT2D eigenvalue weighted by atomic mass is 9.34. The number of allylic oxidation sites excluding steroid dienone is 4. The van der Waals surface area contributed by atoms with Crippen molar-refractivity contribution in [3.05, 3.63) is 23.3 Å². The van der Waals surface area contributed by atoms with Gasteiger partial charge in [0.1, 0.15) is 6.07 Å². The molecule has 2 unspecified atom stereocenters. The summed E-state index contributed by atoms with van der Waals surface area (Å²) in [6, 6.07) is 2.18. The van der Waals surface area contributed by atoms with Crippen LogP contribution >= 0.6 is 0 Å². The minimum absolute atomic E-state index is 0.00390. The molecule has 2 N–H and O–H groups in total. The lowest BCUT2D eigenvalue weighted by molar-refractivity contribution is -0.178. The van der Waals surface area contributed by atoms with Crippen LogP contribution in [-0.4, -0.2) is 36.5 Å². The molecule has 0 aliphatic heterocycles. The van der Waals surface area contributed by atoms with E-state index in [2.05, 4.69) is 51.3 Å². The van der Waals surface area contributed by atoms with Gasteiger partial charge in [0, 0.05) is 23.3 Å². The van der Waals surface area contributed by atoms with Gasteiger partial charge in [0.05, 0.1) is 17.5 Å². The molecule has 5 aliphatic carbocycles. The number of fused-ring (bicyclic) bond motifs is 7. The highest BCUT2D eigenvalue weighted by Crippen LogP contribution is 2.74. The first kappa shape index (κ1) is 32.6. The van der Waals surface area contributed by atoms with Crippen molar-refractivity contribution in [3.63, 3.8) is 0 Å². The summed E-state index contributed by atoms with van der Waals surface area (Å²) in [4.78, 5) is 54.7. The number of hydrogen-bond acceptors (Lipinski definition) is 5. The fourth-order valence-electron chi connectivity index (χ4n) is 10.7. The van der Waals surface area contributed by atoms with Crippen molar-refractivity contribution in [1.29, 1.82) is 5.26 Å². The van der Waals surface area contributed by atoms with Gasteiger partial charge in [0.25, 0.3) is 0 Å². The van der Waals surface area contributed by atoms with Crippen molar-refractivity contribution < 1.29 is 19.2 Å². The number of ketones is 2. The van der Waals surface area contributed by atoms with E-state index in [4.69, 9.17) is 0 Å². The fourth-order valence-corrected chi connectivity index (χ4v) is 10.7. The largest absolute Gasteiger partial charge is 0.354 e. The van der Waals surface area contributed by atoms with Crippen molar-refractivity contribution in [2.75, 3.05) is 13.1 Å². The van der Waals surface area contributed by atoms with E-state index in [0.717, 1.165) is 37.7 Å². The number of amides is 2. The molecule has 5 aliphatic rings. The second-order valence-electron chi connectivity index (χ2n) is 17.3. The second-order valence-corrected chi connectivity index (χ2v) is 17.3. The van der Waals surface area contributed by atoms with Gasteiger partial charge in [-0.25, -0.2) is 0 Å². The Balaban J connectivity index is 1.56. The third-order valence-corrected chi connectivity index (χ3v) is 13.4. The molecular formula is C37H53N3O4. The van der Waals surface area contributed by atoms with Gasteiger partial charge in [-0.05, 0) is 85.0 Å². The van der Waals surface area contributed by atoms with Gasteiger partial charge in [-0.3, -0.25) is 19.2 Å². The van der Waals surface area contributed by atoms with Gasteiger partial charge in [0.15, 0.2) is 11.6 Å². The minimum Gasteiger partial charge on any atom is -0.354 e. The average Bonchev–Trinajstić information content (AvgIpc) is 2.93. The molecule has 7 nitrogen and oxygen atoms in total. The fraction of sp³-hybridized carbons (Fsp3) is 0.757. The SMILES string of the molecule is CC(C)CNC(=O)CNC(=O)[C@]12CCC(C)(C)CC1C1C(=O)C=C3[C@@]4(C)C=C(C#N)C(=O)C(C)(C)[C@@H]4CC[C@@]3(C)[C@]1(C)CC2. The molecule has 0 saturated heterocycles. The van der Waals surface area contributed by atoms with Gasteiger partial charge < -0.3 is 10.6 Å². The molecule has 0 aromatic carbocycles. The lowest BCUT2D eigenvalue weighted by Crippen LogP contribution is -2.66. The predicted octanol–water partition coefficient (Wildman–Crippen LogP) is 6.09. The van der Waals surface area contributed by atoms with Crippen molar-refractivity contribution in [1.82, 2.24) is 10.6 Å². The summed E-state index contributed by atoms with van der Waals surface area (Å²) >= 11 is 0. The maximum Gasteiger partial charge on any atom is 0.239 e. The highest BCUT2D eigenvalue weighted by atomic mass is 16.2. The molecule has 3 fully saturated rings. The molecule has 3 saturated carbocycles. The zero-order chi connectivity index (χ0) is 32.7. The maximum atomic E-state index is 14.6. The van der Waals surface area contributed by atoms with Crippen molar-refractivity contribution in [2.45, 2.75) is 107 Å². The van der Waals surface area contributed by atoms with E-state index >= 15 is 0 Å². The van der Waals surface area contributed by atoms with Crippen molar-refractivity contribution in [3.8, 4) is 6.07 Å². The molecule has 0 heterocycles. The molecule has 0 radical (unpaired) electrons. The van der Waals surface area contributed by atoms with Gasteiger partial charge in [-0.2, -0.15) is 5.26 Å². The van der Waals surface area contributed by atoms with Crippen LogP contribution in [0.3, 0.4) is 0 Å². The number of rotatable bonds is 5. The number of Topliss-reactive ketones (excluding diaryl/α,β-unsaturated/α-hetero) is 1. The maximum absolute atomic E-state index is 14.6. The average molecular weight is 604 g/mol. The van der Waals surface area contributed by atoms with Gasteiger partial charge >= 0.3 is 0 Å². The minimum atomic E-state index is -0.702. The third kappa shape index (κ3) is 4.56. The van der Waals surface area contributed by atoms with Crippen LogP contribution in [0.4, 0.5) is 0 Å². The first-order valence-electron chi connectivity index (χ1n) is 16.8. The monoisotopic (exact) mass is 603 g/mol. The van der Waals surface area contributed by atoms with Crippen molar-refractivity contribution in [2.24, 2.45) is 56.2 Å². The first-order valence-corrected chi connectivity index (χ1v) is 16.8. The summed E-state index contributed by atoms with van der Waals surface area (Å²) in [5, 5.41) is 15.9. The second kappa shape index (κ2) is 10.4. The van der Waals surface area contributed by atoms with E-state index < -0.39 is 16.2 Å². The Bertz CT molecular complexity index is 1400. The third-order valence-electron chi connectivity index (χ3n) is 13.4. The Kier molecular flexibility index (Phi) is 7.71. The van der Waals surface area contributed by atoms with Crippen LogP contribution in [0.1, 0.15) is 107 Å². The van der Waals surface area contributed by atoms with E-state index in [9.17, 15) is 24.4 Å². The smallest absolute Gasteiger partial charge is 0.239 e. The Morgan fingerprint density at radius 3 is 2.27 bits per heavy atom. The lowest BCUT2D eigenvalue weighted by Gasteiger charge is -2.69. The number of hydrogen-bond donors (Lipinski definition) is 2. The quantitative estimate of drug-likeness (QED) is 0.394. The summed E-state index contributed by atoms with van der Waals surface area (Å²) < 4.78 is 0. The molecule has 2 amide bonds. The Labute approximate surface area is 264 Å². The summed E-state index contributed by atoms with van der Waals surface area (Å²) in [5.41, 5.74) is -1.43. The highest BCUT2D eigenvalue weighted by molar-refractivity contribution is 6.04. The molecular weight excluding hydrogens is 550 g/mol. The van der Waals surface area contributed by atoms with Crippen LogP contribution in [0, 0.1) is 67.5 Å². The first-order chi connectivity index (χ1) is 20.3. The summed E-state index contributed by atoms with van der Waals surface area (Å²) in [6.45, 7) is 19.7. The van der Waals surface area contributed by atoms with Crippen LogP contribution in [0.15, 0.2) is 23.3 Å². The van der Waals surface area contributed by atoms with Crippen LogP contribution in [0.2, 0.25) is 0 Å². The zero-order valence-corrected chi connectivity index (χ0v) is 28.4. The van der Waals surface area contributed by atoms with Crippen LogP contribution in [0.25, 0.3) is 0 Å². The standard InChI is InChI=1S/C37H53N3O4/c1-22(2)20-39-28(42)21-40-31(44)37-14-12-32(3,4)18-24(37)29-25(41)16-27-34(7)17-23(19-38)30(43)33(5,6)26(34)10-11-35(27,8)36(29,9)13-15-37/h16-17,22,24,26,29H,10-15,18,20-21H2,1-9H3,(H,39,42)(H,40,44)/t24?,26-,29?,34-,35+,36+,37-/m0/s1. The number of carbonyl (C=O) groups excluding carboxylic acids is 4. The summed E-state index contributed by atoms with van der Waals surface area (Å²) in [7, 11) is 0. The normalized spacial score (nSPS) is 40.2. The van der Waals surface area contributed by atoms with Gasteiger partial charge in [-0.1, -0.05) is 74.0 Å². The number of nitrogens with one attached hydrogen (secondary N) is 2. The van der Waals surface area contributed by atoms with Gasteiger partial charge in [0.2, 0.25) is 11.8 Å². The van der Waals surface area contributed by atoms with Crippen LogP contribution in [0.5, 0.6) is 0 Å². The number of nitrogens with zero attached hydrogens (tertiary/aromatic N) is 1. The summed E-state index contributed by atoms with van der Waals surface area (Å²) in [5.74, 6) is -0.423. The highest BCUT2D eigenvalue weighted by Gasteiger charge is 2.70. The topological polar surface area (TPSA) is 116 Å². The zero-order valence-electron chi connectivity index (χ0n) is 28.4. The Morgan fingerprint density at radius 1 is 0.977 bits per heavy atom. The molecule has 7 heteroatoms. The molecule has 5 rings (SSSR count). The van der Waals surface area contributed by atoms with Crippen LogP contribution in [-0.2, 0) is 19.2 Å².